The topological polar surface area (TPSA) is 28.5 Å². The molecule has 94 valence electrons. The predicted octanol–water partition coefficient (Wildman–Crippen LogP) is 1.66. The van der Waals surface area contributed by atoms with Gasteiger partial charge >= 0.3 is 0 Å². The van der Waals surface area contributed by atoms with Gasteiger partial charge in [-0.25, -0.2) is 0 Å². The molecule has 17 heavy (non-hydrogen) atoms. The molecule has 1 aliphatic heterocycles. The summed E-state index contributed by atoms with van der Waals surface area (Å²) in [5.41, 5.74) is 0.781. The molecule has 0 N–H and O–H groups in total. The Bertz CT molecular complexity index is 408. The zero-order valence-corrected chi connectivity index (χ0v) is 11.9. The number of aryl methyl sites for hydroxylation is 1. The Balaban J connectivity index is 2.13. The molecule has 4 nitrogen and oxygen atoms in total. The molecular formula is C12H18BrN3O. The molecule has 0 unspecified atom stereocenters. The fourth-order valence-corrected chi connectivity index (χ4v) is 2.55. The fraction of sp³-hybridized carbons (Fsp3) is 0.583. The van der Waals surface area contributed by atoms with Gasteiger partial charge in [0, 0.05) is 43.4 Å². The summed E-state index contributed by atoms with van der Waals surface area (Å²) in [5, 5.41) is 0. The summed E-state index contributed by atoms with van der Waals surface area (Å²) in [7, 11) is 2.09. The predicted molar refractivity (Wildman–Crippen MR) is 71.2 cm³/mol. The standard InChI is InChI=1S/C12H18BrN3O/c1-3-15-9-10(13)8-11(15)12(17)16-6-4-14(2)5-7-16/h8-9H,3-7H2,1-2H3. The van der Waals surface area contributed by atoms with Crippen molar-refractivity contribution in [3.05, 3.63) is 22.4 Å². The Hall–Kier alpha value is -0.810. The normalized spacial score (nSPS) is 17.5. The highest BCUT2D eigenvalue weighted by Crippen LogP contribution is 2.17. The molecule has 5 heteroatoms. The molecule has 1 aliphatic rings. The number of hydrogen-bond acceptors (Lipinski definition) is 2. The summed E-state index contributed by atoms with van der Waals surface area (Å²) in [6.45, 7) is 6.43. The highest BCUT2D eigenvalue weighted by Gasteiger charge is 2.22. The van der Waals surface area contributed by atoms with Gasteiger partial charge in [0.1, 0.15) is 5.69 Å². The third kappa shape index (κ3) is 2.72. The van der Waals surface area contributed by atoms with E-state index in [4.69, 9.17) is 0 Å². The van der Waals surface area contributed by atoms with E-state index in [9.17, 15) is 4.79 Å². The van der Waals surface area contributed by atoms with Crippen LogP contribution in [0.2, 0.25) is 0 Å². The molecule has 1 amide bonds. The molecule has 1 aromatic rings. The SMILES string of the molecule is CCn1cc(Br)cc1C(=O)N1CCN(C)CC1. The second kappa shape index (κ2) is 5.23. The van der Waals surface area contributed by atoms with Crippen LogP contribution in [0.1, 0.15) is 17.4 Å². The van der Waals surface area contributed by atoms with E-state index in [0.717, 1.165) is 42.9 Å². The molecule has 1 aromatic heterocycles. The van der Waals surface area contributed by atoms with Gasteiger partial charge in [-0.3, -0.25) is 4.79 Å². The van der Waals surface area contributed by atoms with E-state index in [1.165, 1.54) is 0 Å². The highest BCUT2D eigenvalue weighted by atomic mass is 79.9. The lowest BCUT2D eigenvalue weighted by Gasteiger charge is -2.32. The number of nitrogens with zero attached hydrogens (tertiary/aromatic N) is 3. The molecular weight excluding hydrogens is 282 g/mol. The molecule has 2 heterocycles. The van der Waals surface area contributed by atoms with Crippen molar-refractivity contribution in [2.24, 2.45) is 0 Å². The first-order chi connectivity index (χ1) is 8.11. The van der Waals surface area contributed by atoms with Gasteiger partial charge in [-0.15, -0.1) is 0 Å². The summed E-state index contributed by atoms with van der Waals surface area (Å²) in [4.78, 5) is 16.6. The number of piperazine rings is 1. The lowest BCUT2D eigenvalue weighted by molar-refractivity contribution is 0.0653. The van der Waals surface area contributed by atoms with Gasteiger partial charge in [-0.05, 0) is 36.0 Å². The monoisotopic (exact) mass is 299 g/mol. The Labute approximate surface area is 110 Å². The quantitative estimate of drug-likeness (QED) is 0.831. The maximum absolute atomic E-state index is 12.4. The van der Waals surface area contributed by atoms with Crippen LogP contribution < -0.4 is 0 Å². The van der Waals surface area contributed by atoms with Crippen molar-refractivity contribution in [1.82, 2.24) is 14.4 Å². The average Bonchev–Trinajstić information content (AvgIpc) is 2.70. The van der Waals surface area contributed by atoms with Crippen molar-refractivity contribution in [1.29, 1.82) is 0 Å². The van der Waals surface area contributed by atoms with E-state index >= 15 is 0 Å². The molecule has 0 spiro atoms. The zero-order chi connectivity index (χ0) is 12.4. The molecule has 0 bridgehead atoms. The Morgan fingerprint density at radius 1 is 1.35 bits per heavy atom. The van der Waals surface area contributed by atoms with Crippen LogP contribution in [0.4, 0.5) is 0 Å². The minimum Gasteiger partial charge on any atom is -0.343 e. The van der Waals surface area contributed by atoms with Crippen molar-refractivity contribution < 1.29 is 4.79 Å². The van der Waals surface area contributed by atoms with Crippen molar-refractivity contribution in [2.75, 3.05) is 33.2 Å². The maximum atomic E-state index is 12.4. The number of aromatic nitrogens is 1. The lowest BCUT2D eigenvalue weighted by atomic mass is 10.3. The van der Waals surface area contributed by atoms with E-state index < -0.39 is 0 Å². The average molecular weight is 300 g/mol. The molecule has 0 radical (unpaired) electrons. The van der Waals surface area contributed by atoms with Gasteiger partial charge in [0.25, 0.3) is 5.91 Å². The summed E-state index contributed by atoms with van der Waals surface area (Å²) < 4.78 is 2.96. The van der Waals surface area contributed by atoms with Gasteiger partial charge in [0.05, 0.1) is 0 Å². The van der Waals surface area contributed by atoms with Crippen LogP contribution in [0.25, 0.3) is 0 Å². The van der Waals surface area contributed by atoms with Crippen LogP contribution >= 0.6 is 15.9 Å². The summed E-state index contributed by atoms with van der Waals surface area (Å²) in [5.74, 6) is 0.144. The minimum absolute atomic E-state index is 0.144. The highest BCUT2D eigenvalue weighted by molar-refractivity contribution is 9.10. The first kappa shape index (κ1) is 12.6. The number of hydrogen-bond donors (Lipinski definition) is 0. The van der Waals surface area contributed by atoms with E-state index in [2.05, 4.69) is 27.9 Å². The number of amides is 1. The molecule has 2 rings (SSSR count). The van der Waals surface area contributed by atoms with E-state index in [1.807, 2.05) is 28.7 Å². The van der Waals surface area contributed by atoms with Gasteiger partial charge in [0.15, 0.2) is 0 Å². The van der Waals surface area contributed by atoms with Gasteiger partial charge in [-0.2, -0.15) is 0 Å². The molecule has 0 aromatic carbocycles. The van der Waals surface area contributed by atoms with Crippen LogP contribution in [-0.4, -0.2) is 53.5 Å². The van der Waals surface area contributed by atoms with E-state index in [-0.39, 0.29) is 5.91 Å². The number of carbonyl (C=O) groups excluding carboxylic acids is 1. The van der Waals surface area contributed by atoms with Crippen LogP contribution in [-0.2, 0) is 6.54 Å². The van der Waals surface area contributed by atoms with Crippen LogP contribution in [0.5, 0.6) is 0 Å². The van der Waals surface area contributed by atoms with Gasteiger partial charge in [-0.1, -0.05) is 0 Å². The third-order valence-electron chi connectivity index (χ3n) is 3.21. The Morgan fingerprint density at radius 3 is 2.59 bits per heavy atom. The van der Waals surface area contributed by atoms with Crippen LogP contribution in [0.15, 0.2) is 16.7 Å². The fourth-order valence-electron chi connectivity index (χ4n) is 2.09. The van der Waals surface area contributed by atoms with E-state index in [1.54, 1.807) is 0 Å². The number of likely N-dealkylation sites (N-methyl/N-ethyl adjacent to an activating group) is 1. The number of halogens is 1. The molecule has 1 saturated heterocycles. The lowest BCUT2D eigenvalue weighted by Crippen LogP contribution is -2.47. The second-order valence-corrected chi connectivity index (χ2v) is 5.34. The maximum Gasteiger partial charge on any atom is 0.270 e. The zero-order valence-electron chi connectivity index (χ0n) is 10.3. The Morgan fingerprint density at radius 2 is 2.00 bits per heavy atom. The largest absolute Gasteiger partial charge is 0.343 e. The minimum atomic E-state index is 0.144. The van der Waals surface area contributed by atoms with Crippen molar-refractivity contribution in [2.45, 2.75) is 13.5 Å². The van der Waals surface area contributed by atoms with Crippen molar-refractivity contribution in [3.8, 4) is 0 Å². The molecule has 1 fully saturated rings. The summed E-state index contributed by atoms with van der Waals surface area (Å²) >= 11 is 3.43. The molecule has 0 aliphatic carbocycles. The first-order valence-corrected chi connectivity index (χ1v) is 6.74. The Kier molecular flexibility index (Phi) is 3.89. The van der Waals surface area contributed by atoms with Crippen molar-refractivity contribution >= 4 is 21.8 Å². The summed E-state index contributed by atoms with van der Waals surface area (Å²) in [6.07, 6.45) is 1.96. The molecule has 0 saturated carbocycles. The molecule has 0 atom stereocenters. The smallest absolute Gasteiger partial charge is 0.270 e. The first-order valence-electron chi connectivity index (χ1n) is 5.95. The number of carbonyl (C=O) groups is 1. The van der Waals surface area contributed by atoms with E-state index in [0.29, 0.717) is 0 Å². The van der Waals surface area contributed by atoms with Gasteiger partial charge < -0.3 is 14.4 Å². The van der Waals surface area contributed by atoms with Crippen LogP contribution in [0.3, 0.4) is 0 Å². The summed E-state index contributed by atoms with van der Waals surface area (Å²) in [6, 6.07) is 1.91. The second-order valence-electron chi connectivity index (χ2n) is 4.43. The van der Waals surface area contributed by atoms with Crippen molar-refractivity contribution in [3.63, 3.8) is 0 Å². The van der Waals surface area contributed by atoms with Crippen LogP contribution in [0, 0.1) is 0 Å². The number of rotatable bonds is 2. The van der Waals surface area contributed by atoms with Gasteiger partial charge in [0.2, 0.25) is 0 Å². The third-order valence-corrected chi connectivity index (χ3v) is 3.65.